The highest BCUT2D eigenvalue weighted by Crippen LogP contribution is 2.33. The monoisotopic (exact) mass is 244 g/mol. The third-order valence-electron chi connectivity index (χ3n) is 3.37. The molecule has 3 nitrogen and oxygen atoms in total. The van der Waals surface area contributed by atoms with Crippen LogP contribution in [-0.2, 0) is 0 Å². The van der Waals surface area contributed by atoms with Crippen LogP contribution < -0.4 is 0 Å². The SMILES string of the molecule is CC1=Nc2c(C)cc(C)cc2C(=O)C1CN(C)C. The number of aryl methyl sites for hydroxylation is 2. The molecule has 1 aliphatic rings. The minimum Gasteiger partial charge on any atom is -0.308 e. The second kappa shape index (κ2) is 4.65. The molecule has 0 radical (unpaired) electrons. The Labute approximate surface area is 109 Å². The van der Waals surface area contributed by atoms with Crippen LogP contribution in [0.4, 0.5) is 5.69 Å². The predicted octanol–water partition coefficient (Wildman–Crippen LogP) is 2.77. The van der Waals surface area contributed by atoms with Gasteiger partial charge in [0.1, 0.15) is 0 Å². The molecule has 1 atom stereocenters. The van der Waals surface area contributed by atoms with Crippen molar-refractivity contribution >= 4 is 17.2 Å². The number of rotatable bonds is 2. The van der Waals surface area contributed by atoms with Crippen molar-refractivity contribution in [1.82, 2.24) is 4.90 Å². The quantitative estimate of drug-likeness (QED) is 0.801. The van der Waals surface area contributed by atoms with Crippen LogP contribution in [0.1, 0.15) is 28.4 Å². The molecule has 0 saturated carbocycles. The Morgan fingerprint density at radius 2 is 1.89 bits per heavy atom. The zero-order valence-electron chi connectivity index (χ0n) is 11.7. The fourth-order valence-electron chi connectivity index (χ4n) is 2.51. The summed E-state index contributed by atoms with van der Waals surface area (Å²) < 4.78 is 0. The molecule has 0 saturated heterocycles. The van der Waals surface area contributed by atoms with Crippen molar-refractivity contribution in [3.63, 3.8) is 0 Å². The van der Waals surface area contributed by atoms with E-state index in [9.17, 15) is 4.79 Å². The number of fused-ring (bicyclic) bond motifs is 1. The summed E-state index contributed by atoms with van der Waals surface area (Å²) in [5, 5.41) is 0. The van der Waals surface area contributed by atoms with Crippen molar-refractivity contribution < 1.29 is 4.79 Å². The fourth-order valence-corrected chi connectivity index (χ4v) is 2.51. The molecule has 0 fully saturated rings. The second-order valence-corrected chi connectivity index (χ2v) is 5.41. The van der Waals surface area contributed by atoms with Gasteiger partial charge in [0, 0.05) is 17.8 Å². The van der Waals surface area contributed by atoms with Gasteiger partial charge < -0.3 is 4.90 Å². The largest absolute Gasteiger partial charge is 0.308 e. The van der Waals surface area contributed by atoms with Crippen molar-refractivity contribution in [3.8, 4) is 0 Å². The van der Waals surface area contributed by atoms with Crippen LogP contribution in [0.3, 0.4) is 0 Å². The summed E-state index contributed by atoms with van der Waals surface area (Å²) in [6, 6.07) is 4.04. The first-order chi connectivity index (χ1) is 8.40. The lowest BCUT2D eigenvalue weighted by molar-refractivity contribution is 0.0937. The Hall–Kier alpha value is -1.48. The third kappa shape index (κ3) is 2.23. The molecule has 1 heterocycles. The molecular formula is C15H20N2O. The second-order valence-electron chi connectivity index (χ2n) is 5.41. The average molecular weight is 244 g/mol. The molecule has 0 bridgehead atoms. The fraction of sp³-hybridized carbons (Fsp3) is 0.467. The standard InChI is InChI=1S/C15H20N2O/c1-9-6-10(2)14-12(7-9)15(18)13(8-17(4)5)11(3)16-14/h6-7,13H,8H2,1-5H3. The summed E-state index contributed by atoms with van der Waals surface area (Å²) in [4.78, 5) is 19.2. The molecule has 0 spiro atoms. The Bertz CT molecular complexity index is 530. The number of aliphatic imine (C=N–C) groups is 1. The van der Waals surface area contributed by atoms with Gasteiger partial charge in [-0.05, 0) is 52.1 Å². The number of carbonyl (C=O) groups is 1. The van der Waals surface area contributed by atoms with Gasteiger partial charge in [0.2, 0.25) is 0 Å². The molecule has 2 rings (SSSR count). The number of Topliss-reactive ketones (excluding diaryl/α,β-unsaturated/α-hetero) is 1. The van der Waals surface area contributed by atoms with E-state index in [1.54, 1.807) is 0 Å². The van der Waals surface area contributed by atoms with Crippen LogP contribution in [0, 0.1) is 19.8 Å². The topological polar surface area (TPSA) is 32.7 Å². The number of nitrogens with zero attached hydrogens (tertiary/aromatic N) is 2. The molecular weight excluding hydrogens is 224 g/mol. The van der Waals surface area contributed by atoms with Crippen LogP contribution in [0.15, 0.2) is 17.1 Å². The Kier molecular flexibility index (Phi) is 3.35. The maximum atomic E-state index is 12.6. The molecule has 96 valence electrons. The van der Waals surface area contributed by atoms with Gasteiger partial charge in [-0.25, -0.2) is 0 Å². The highest BCUT2D eigenvalue weighted by atomic mass is 16.1. The van der Waals surface area contributed by atoms with Gasteiger partial charge in [-0.2, -0.15) is 0 Å². The molecule has 0 N–H and O–H groups in total. The van der Waals surface area contributed by atoms with Gasteiger partial charge in [0.25, 0.3) is 0 Å². The van der Waals surface area contributed by atoms with Crippen LogP contribution in [-0.4, -0.2) is 37.0 Å². The minimum absolute atomic E-state index is 0.103. The van der Waals surface area contributed by atoms with Crippen LogP contribution in [0.25, 0.3) is 0 Å². The predicted molar refractivity (Wildman–Crippen MR) is 75.1 cm³/mol. The van der Waals surface area contributed by atoms with Gasteiger partial charge in [-0.1, -0.05) is 6.07 Å². The Morgan fingerprint density at radius 1 is 1.22 bits per heavy atom. The zero-order chi connectivity index (χ0) is 13.4. The first kappa shape index (κ1) is 13.0. The first-order valence-corrected chi connectivity index (χ1v) is 6.25. The van der Waals surface area contributed by atoms with E-state index in [2.05, 4.69) is 11.1 Å². The van der Waals surface area contributed by atoms with Gasteiger partial charge in [-0.3, -0.25) is 9.79 Å². The van der Waals surface area contributed by atoms with E-state index in [-0.39, 0.29) is 11.7 Å². The van der Waals surface area contributed by atoms with Gasteiger partial charge in [0.05, 0.1) is 11.6 Å². The van der Waals surface area contributed by atoms with E-state index >= 15 is 0 Å². The summed E-state index contributed by atoms with van der Waals surface area (Å²) in [6.45, 7) is 6.71. The molecule has 18 heavy (non-hydrogen) atoms. The van der Waals surface area contributed by atoms with E-state index in [1.165, 1.54) is 0 Å². The maximum Gasteiger partial charge on any atom is 0.175 e. The first-order valence-electron chi connectivity index (χ1n) is 6.25. The van der Waals surface area contributed by atoms with Crippen LogP contribution in [0.5, 0.6) is 0 Å². The lowest BCUT2D eigenvalue weighted by Crippen LogP contribution is -2.35. The molecule has 1 aromatic rings. The zero-order valence-corrected chi connectivity index (χ0v) is 11.7. The number of benzene rings is 1. The summed E-state index contributed by atoms with van der Waals surface area (Å²) in [7, 11) is 3.97. The number of hydrogen-bond donors (Lipinski definition) is 0. The van der Waals surface area contributed by atoms with Crippen molar-refractivity contribution in [2.75, 3.05) is 20.6 Å². The number of carbonyl (C=O) groups excluding carboxylic acids is 1. The van der Waals surface area contributed by atoms with E-state index in [1.807, 2.05) is 45.8 Å². The van der Waals surface area contributed by atoms with E-state index in [4.69, 9.17) is 0 Å². The molecule has 0 amide bonds. The molecule has 1 aromatic carbocycles. The molecule has 0 aliphatic carbocycles. The molecule has 1 unspecified atom stereocenters. The molecule has 0 aromatic heterocycles. The van der Waals surface area contributed by atoms with E-state index in [0.717, 1.165) is 34.6 Å². The summed E-state index contributed by atoms with van der Waals surface area (Å²) in [5.74, 6) is 0.103. The van der Waals surface area contributed by atoms with Gasteiger partial charge >= 0.3 is 0 Å². The maximum absolute atomic E-state index is 12.6. The van der Waals surface area contributed by atoms with Crippen LogP contribution >= 0.6 is 0 Å². The highest BCUT2D eigenvalue weighted by molar-refractivity contribution is 6.18. The van der Waals surface area contributed by atoms with Gasteiger partial charge in [0.15, 0.2) is 5.78 Å². The highest BCUT2D eigenvalue weighted by Gasteiger charge is 2.30. The summed E-state index contributed by atoms with van der Waals surface area (Å²) in [6.07, 6.45) is 0. The Morgan fingerprint density at radius 3 is 2.50 bits per heavy atom. The average Bonchev–Trinajstić information content (AvgIpc) is 2.26. The van der Waals surface area contributed by atoms with Gasteiger partial charge in [-0.15, -0.1) is 0 Å². The lowest BCUT2D eigenvalue weighted by atomic mass is 9.87. The van der Waals surface area contributed by atoms with Crippen molar-refractivity contribution in [2.45, 2.75) is 20.8 Å². The van der Waals surface area contributed by atoms with E-state index < -0.39 is 0 Å². The third-order valence-corrected chi connectivity index (χ3v) is 3.37. The van der Waals surface area contributed by atoms with Crippen molar-refractivity contribution in [3.05, 3.63) is 28.8 Å². The van der Waals surface area contributed by atoms with E-state index in [0.29, 0.717) is 0 Å². The minimum atomic E-state index is -0.103. The van der Waals surface area contributed by atoms with Crippen LogP contribution in [0.2, 0.25) is 0 Å². The summed E-state index contributed by atoms with van der Waals surface area (Å²) in [5.41, 5.74) is 4.77. The summed E-state index contributed by atoms with van der Waals surface area (Å²) >= 11 is 0. The number of ketones is 1. The molecule has 3 heteroatoms. The molecule has 1 aliphatic heterocycles. The smallest absolute Gasteiger partial charge is 0.175 e. The Balaban J connectivity index is 2.51. The van der Waals surface area contributed by atoms with Crippen molar-refractivity contribution in [2.24, 2.45) is 10.9 Å². The lowest BCUT2D eigenvalue weighted by Gasteiger charge is -2.25. The number of hydrogen-bond acceptors (Lipinski definition) is 3. The van der Waals surface area contributed by atoms with Crippen molar-refractivity contribution in [1.29, 1.82) is 0 Å². The normalized spacial score (nSPS) is 18.9.